The van der Waals surface area contributed by atoms with Gasteiger partial charge in [-0.2, -0.15) is 0 Å². The van der Waals surface area contributed by atoms with E-state index in [1.54, 1.807) is 42.5 Å². The molecule has 18 nitrogen and oxygen atoms in total. The van der Waals surface area contributed by atoms with Crippen LogP contribution in [0.4, 0.5) is 0 Å². The second-order valence-electron chi connectivity index (χ2n) is 18.4. The highest BCUT2D eigenvalue weighted by atomic mass is 35.5. The van der Waals surface area contributed by atoms with Crippen molar-refractivity contribution in [1.82, 2.24) is 19.8 Å². The zero-order valence-electron chi connectivity index (χ0n) is 42.4. The minimum absolute atomic E-state index is 0.00738. The fraction of sp³-hybridized carbons (Fsp3) is 0.500. The number of ketones is 1. The average Bonchev–Trinajstić information content (AvgIpc) is 3.39. The largest absolute Gasteiger partial charge is 0.382 e. The van der Waals surface area contributed by atoms with Crippen molar-refractivity contribution in [3.05, 3.63) is 126 Å². The molecule has 4 atom stereocenters. The minimum atomic E-state index is -3.82. The number of carbonyl (C=O) groups excluding carboxylic acids is 2. The fourth-order valence-electron chi connectivity index (χ4n) is 8.80. The number of ether oxygens (including phenoxy) is 6. The number of hydrogen-bond donors (Lipinski definition) is 4. The molecule has 0 fully saturated rings. The molecule has 1 amide bonds. The summed E-state index contributed by atoms with van der Waals surface area (Å²) in [4.78, 5) is 29.3. The first-order chi connectivity index (χ1) is 36.3. The molecule has 4 aromatic rings. The third-order valence-corrected chi connectivity index (χ3v) is 16.6. The smallest absolute Gasteiger partial charge is 0.252 e. The predicted molar refractivity (Wildman–Crippen MR) is 289 cm³/mol. The number of sulfone groups is 1. The predicted octanol–water partition coefficient (Wildman–Crippen LogP) is 5.45. The normalized spacial score (nSPS) is 17.0. The maximum absolute atomic E-state index is 13.2. The quantitative estimate of drug-likeness (QED) is 0.0446. The van der Waals surface area contributed by atoms with E-state index in [-0.39, 0.29) is 120 Å². The van der Waals surface area contributed by atoms with Crippen LogP contribution in [0.2, 0.25) is 20.1 Å². The van der Waals surface area contributed by atoms with Gasteiger partial charge in [-0.05, 0) is 102 Å². The Labute approximate surface area is 465 Å². The van der Waals surface area contributed by atoms with Crippen LogP contribution < -0.4 is 10.0 Å². The number of rotatable bonds is 32. The molecule has 2 aliphatic heterocycles. The van der Waals surface area contributed by atoms with Gasteiger partial charge < -0.3 is 53.8 Å². The summed E-state index contributed by atoms with van der Waals surface area (Å²) in [5.41, 5.74) is 5.56. The van der Waals surface area contributed by atoms with E-state index in [1.165, 1.54) is 6.07 Å². The van der Waals surface area contributed by atoms with Gasteiger partial charge in [0.1, 0.15) is 6.10 Å². The number of nitrogens with one attached hydrogen (secondary N) is 2. The number of amides is 1. The van der Waals surface area contributed by atoms with Crippen molar-refractivity contribution in [1.29, 1.82) is 0 Å². The summed E-state index contributed by atoms with van der Waals surface area (Å²) in [7, 11) is -3.61. The van der Waals surface area contributed by atoms with E-state index in [4.69, 9.17) is 74.8 Å². The molecule has 2 heterocycles. The van der Waals surface area contributed by atoms with E-state index < -0.39 is 49.7 Å². The van der Waals surface area contributed by atoms with E-state index >= 15 is 0 Å². The number of carbonyl (C=O) groups is 2. The van der Waals surface area contributed by atoms with Crippen LogP contribution >= 0.6 is 46.4 Å². The van der Waals surface area contributed by atoms with E-state index in [2.05, 4.69) is 19.8 Å². The molecule has 2 aliphatic rings. The van der Waals surface area contributed by atoms with E-state index in [0.717, 1.165) is 33.4 Å². The number of hydrogen-bond acceptors (Lipinski definition) is 16. The van der Waals surface area contributed by atoms with Crippen LogP contribution in [0.5, 0.6) is 0 Å². The van der Waals surface area contributed by atoms with Crippen molar-refractivity contribution in [2.45, 2.75) is 59.8 Å². The number of benzene rings is 4. The summed E-state index contributed by atoms with van der Waals surface area (Å²) in [6.45, 7) is 4.45. The van der Waals surface area contributed by atoms with E-state index in [1.807, 2.05) is 38.4 Å². The van der Waals surface area contributed by atoms with Gasteiger partial charge in [-0.15, -0.1) is 0 Å². The Hall–Kier alpha value is -3.36. The maximum atomic E-state index is 13.2. The van der Waals surface area contributed by atoms with Crippen LogP contribution in [0.15, 0.2) is 82.6 Å². The lowest BCUT2D eigenvalue weighted by molar-refractivity contribution is -0.145. The van der Waals surface area contributed by atoms with Gasteiger partial charge in [0.25, 0.3) is 5.91 Å². The van der Waals surface area contributed by atoms with Crippen molar-refractivity contribution >= 4 is 78.0 Å². The molecule has 4 aromatic carbocycles. The fourth-order valence-corrected chi connectivity index (χ4v) is 12.1. The Morgan fingerprint density at radius 1 is 0.605 bits per heavy atom. The van der Waals surface area contributed by atoms with Gasteiger partial charge in [-0.3, -0.25) is 9.59 Å². The summed E-state index contributed by atoms with van der Waals surface area (Å²) in [6, 6.07) is 20.9. The molecule has 24 heteroatoms. The number of Topliss-reactive ketones (excluding diaryl/α,β-unsaturated/α-hetero) is 1. The molecule has 0 aromatic heterocycles. The lowest BCUT2D eigenvalue weighted by atomic mass is 9.85. The molecule has 6 rings (SSSR count). The topological polar surface area (TPSA) is 229 Å². The van der Waals surface area contributed by atoms with Gasteiger partial charge >= 0.3 is 0 Å². The molecule has 76 heavy (non-hydrogen) atoms. The molecule has 418 valence electrons. The maximum Gasteiger partial charge on any atom is 0.252 e. The first kappa shape index (κ1) is 61.8. The number of likely N-dealkylation sites (N-methyl/N-ethyl adjacent to an activating group) is 2. The third-order valence-electron chi connectivity index (χ3n) is 12.6. The number of aliphatic hydroxyl groups is 2. The minimum Gasteiger partial charge on any atom is -0.382 e. The van der Waals surface area contributed by atoms with Crippen molar-refractivity contribution in [3.63, 3.8) is 0 Å². The molecule has 0 bridgehead atoms. The Morgan fingerprint density at radius 3 is 1.61 bits per heavy atom. The van der Waals surface area contributed by atoms with Crippen LogP contribution in [-0.4, -0.2) is 180 Å². The number of nitrogens with zero attached hydrogens (tertiary/aromatic N) is 2. The van der Waals surface area contributed by atoms with Gasteiger partial charge in [0.2, 0.25) is 19.9 Å². The lowest BCUT2D eigenvalue weighted by Gasteiger charge is -2.33. The summed E-state index contributed by atoms with van der Waals surface area (Å²) < 4.78 is 87.9. The van der Waals surface area contributed by atoms with Crippen molar-refractivity contribution in [3.8, 4) is 0 Å². The second-order valence-corrected chi connectivity index (χ2v) is 23.8. The van der Waals surface area contributed by atoms with Crippen molar-refractivity contribution < 1.29 is 65.1 Å². The first-order valence-corrected chi connectivity index (χ1v) is 29.4. The SMILES string of the molecule is CN1Cc2c(Cl)cc(Cl)cc2[C@H](c2cccc(S(=O)(=O)COCCOCCOCCCC(=O)[C@H](O)[C@@H](O)C(=O)NCCOCCOCCOCCNS(=O)(=O)c3cccc([C@@H]4CN(C)Cc5c(Cl)cc(Cl)cc54)c3)c2)C1. The number of fused-ring (bicyclic) bond motifs is 2. The molecule has 0 unspecified atom stereocenters. The Kier molecular flexibility index (Phi) is 24.6. The van der Waals surface area contributed by atoms with Gasteiger partial charge in [0.15, 0.2) is 17.8 Å². The summed E-state index contributed by atoms with van der Waals surface area (Å²) in [6.07, 6.45) is -3.81. The molecule has 0 saturated carbocycles. The molecule has 4 N–H and O–H groups in total. The summed E-state index contributed by atoms with van der Waals surface area (Å²) >= 11 is 25.7. The standard InChI is InChI=1S/C52H66Cl4N4O14S2/c1-59-30-43(41-26-37(53)28-47(55)45(41)32-59)35-6-3-8-39(24-35)75(65,66)34-74-23-22-73-19-16-69-13-5-10-49(61)50(62)51(63)52(64)57-11-14-70-17-20-72-21-18-71-15-12-58-76(67,68)40-9-4-7-36(25-40)44-31-60(2)33-46-42(44)27-38(54)29-48(46)56/h3-4,6-9,24-29,43-44,50-51,58,62-63H,5,10-23,30-34H2,1-2H3,(H,57,64)/t43-,44-,50-,51+/m0/s1. The zero-order valence-corrected chi connectivity index (χ0v) is 47.1. The molecular formula is C52H66Cl4N4O14S2. The van der Waals surface area contributed by atoms with E-state index in [9.17, 15) is 36.6 Å². The van der Waals surface area contributed by atoms with Crippen LogP contribution in [0.3, 0.4) is 0 Å². The number of aliphatic hydroxyl groups excluding tert-OH is 2. The third kappa shape index (κ3) is 18.3. The molecule has 0 radical (unpaired) electrons. The van der Waals surface area contributed by atoms with Crippen LogP contribution in [-0.2, 0) is 71.0 Å². The van der Waals surface area contributed by atoms with Gasteiger partial charge in [-0.1, -0.05) is 70.7 Å². The summed E-state index contributed by atoms with van der Waals surface area (Å²) in [5.74, 6) is -2.42. The Balaban J connectivity index is 0.733. The molecule has 0 saturated heterocycles. The molecule has 0 spiro atoms. The van der Waals surface area contributed by atoms with Crippen LogP contribution in [0.25, 0.3) is 0 Å². The Bertz CT molecular complexity index is 2800. The highest BCUT2D eigenvalue weighted by Gasteiger charge is 2.31. The van der Waals surface area contributed by atoms with Gasteiger partial charge in [0.05, 0.1) is 75.9 Å². The average molecular weight is 1180 g/mol. The van der Waals surface area contributed by atoms with Gasteiger partial charge in [0, 0.05) is 84.2 Å². The molecule has 0 aliphatic carbocycles. The first-order valence-electron chi connectivity index (χ1n) is 24.7. The highest BCUT2D eigenvalue weighted by molar-refractivity contribution is 7.91. The van der Waals surface area contributed by atoms with Crippen LogP contribution in [0.1, 0.15) is 58.1 Å². The van der Waals surface area contributed by atoms with Crippen molar-refractivity contribution in [2.24, 2.45) is 0 Å². The van der Waals surface area contributed by atoms with Crippen LogP contribution in [0, 0.1) is 0 Å². The highest BCUT2D eigenvalue weighted by Crippen LogP contribution is 2.40. The lowest BCUT2D eigenvalue weighted by Crippen LogP contribution is -2.46. The Morgan fingerprint density at radius 2 is 1.07 bits per heavy atom. The summed E-state index contributed by atoms with van der Waals surface area (Å²) in [5, 5.41) is 25.1. The number of sulfonamides is 1. The zero-order chi connectivity index (χ0) is 54.8. The molecular weight excluding hydrogens is 1110 g/mol. The second kappa shape index (κ2) is 30.3. The number of halogens is 4. The van der Waals surface area contributed by atoms with Crippen molar-refractivity contribution in [2.75, 3.05) is 119 Å². The van der Waals surface area contributed by atoms with Gasteiger partial charge in [-0.25, -0.2) is 21.6 Å². The van der Waals surface area contributed by atoms with E-state index in [0.29, 0.717) is 46.3 Å². The monoisotopic (exact) mass is 1170 g/mol.